The van der Waals surface area contributed by atoms with Gasteiger partial charge < -0.3 is 5.32 Å². The standard InChI is InChI=1S/C15H20FN3S/c1-5-17-14(11-7-6-10(4)12(16)8-11)15-13(9(2)3)18-19-20-15/h6-9,14,17H,5H2,1-4H3. The van der Waals surface area contributed by atoms with Crippen LogP contribution in [-0.4, -0.2) is 16.1 Å². The highest BCUT2D eigenvalue weighted by molar-refractivity contribution is 7.05. The summed E-state index contributed by atoms with van der Waals surface area (Å²) in [5, 5.41) is 7.63. The van der Waals surface area contributed by atoms with Gasteiger partial charge in [0.2, 0.25) is 0 Å². The Morgan fingerprint density at radius 1 is 1.35 bits per heavy atom. The zero-order valence-electron chi connectivity index (χ0n) is 12.3. The number of aryl methyl sites for hydroxylation is 1. The number of nitrogens with zero attached hydrogens (tertiary/aromatic N) is 2. The minimum absolute atomic E-state index is 0.0486. The zero-order valence-corrected chi connectivity index (χ0v) is 13.1. The fourth-order valence-corrected chi connectivity index (χ4v) is 3.07. The van der Waals surface area contributed by atoms with Crippen molar-refractivity contribution in [2.75, 3.05) is 6.54 Å². The molecule has 20 heavy (non-hydrogen) atoms. The van der Waals surface area contributed by atoms with Gasteiger partial charge in [0.05, 0.1) is 16.6 Å². The van der Waals surface area contributed by atoms with Crippen molar-refractivity contribution in [2.45, 2.75) is 39.7 Å². The molecule has 0 fully saturated rings. The molecule has 0 aliphatic carbocycles. The van der Waals surface area contributed by atoms with E-state index >= 15 is 0 Å². The summed E-state index contributed by atoms with van der Waals surface area (Å²) in [6.07, 6.45) is 0. The molecular weight excluding hydrogens is 273 g/mol. The van der Waals surface area contributed by atoms with Crippen LogP contribution in [0.2, 0.25) is 0 Å². The molecule has 3 nitrogen and oxygen atoms in total. The molecule has 1 aromatic heterocycles. The Balaban J connectivity index is 2.44. The van der Waals surface area contributed by atoms with Crippen LogP contribution in [0, 0.1) is 12.7 Å². The quantitative estimate of drug-likeness (QED) is 0.911. The topological polar surface area (TPSA) is 37.8 Å². The van der Waals surface area contributed by atoms with Gasteiger partial charge in [-0.2, -0.15) is 0 Å². The van der Waals surface area contributed by atoms with E-state index in [1.807, 2.05) is 19.1 Å². The van der Waals surface area contributed by atoms with Crippen LogP contribution >= 0.6 is 11.5 Å². The summed E-state index contributed by atoms with van der Waals surface area (Å²) in [5.41, 5.74) is 2.57. The number of hydrogen-bond donors (Lipinski definition) is 1. The minimum Gasteiger partial charge on any atom is -0.306 e. The van der Waals surface area contributed by atoms with Crippen molar-refractivity contribution in [3.8, 4) is 0 Å². The molecule has 5 heteroatoms. The largest absolute Gasteiger partial charge is 0.306 e. The molecule has 1 aromatic carbocycles. The molecule has 1 heterocycles. The van der Waals surface area contributed by atoms with E-state index in [4.69, 9.17) is 0 Å². The Labute approximate surface area is 123 Å². The average Bonchev–Trinajstić information content (AvgIpc) is 2.88. The fraction of sp³-hybridized carbons (Fsp3) is 0.467. The second-order valence-corrected chi connectivity index (χ2v) is 5.96. The van der Waals surface area contributed by atoms with Gasteiger partial charge in [-0.25, -0.2) is 4.39 Å². The number of rotatable bonds is 5. The van der Waals surface area contributed by atoms with Crippen molar-refractivity contribution in [2.24, 2.45) is 0 Å². The van der Waals surface area contributed by atoms with Gasteiger partial charge in [-0.15, -0.1) is 5.10 Å². The molecular formula is C15H20FN3S. The monoisotopic (exact) mass is 293 g/mol. The summed E-state index contributed by atoms with van der Waals surface area (Å²) < 4.78 is 17.9. The first-order valence-corrected chi connectivity index (χ1v) is 7.63. The van der Waals surface area contributed by atoms with Crippen molar-refractivity contribution in [3.05, 3.63) is 45.7 Å². The van der Waals surface area contributed by atoms with Gasteiger partial charge in [0.15, 0.2) is 0 Å². The highest BCUT2D eigenvalue weighted by Gasteiger charge is 2.22. The Morgan fingerprint density at radius 2 is 2.10 bits per heavy atom. The van der Waals surface area contributed by atoms with Gasteiger partial charge in [-0.1, -0.05) is 37.4 Å². The van der Waals surface area contributed by atoms with Crippen LogP contribution < -0.4 is 5.32 Å². The fourth-order valence-electron chi connectivity index (χ4n) is 2.16. The van der Waals surface area contributed by atoms with E-state index in [9.17, 15) is 4.39 Å². The van der Waals surface area contributed by atoms with Crippen molar-refractivity contribution in [3.63, 3.8) is 0 Å². The lowest BCUT2D eigenvalue weighted by atomic mass is 9.99. The molecule has 0 bridgehead atoms. The SMILES string of the molecule is CCNC(c1ccc(C)c(F)c1)c1snnc1C(C)C. The van der Waals surface area contributed by atoms with E-state index in [-0.39, 0.29) is 11.9 Å². The van der Waals surface area contributed by atoms with Gasteiger partial charge in [0.25, 0.3) is 0 Å². The van der Waals surface area contributed by atoms with E-state index in [0.29, 0.717) is 11.5 Å². The molecule has 0 amide bonds. The number of hydrogen-bond acceptors (Lipinski definition) is 4. The molecule has 2 aromatic rings. The van der Waals surface area contributed by atoms with Crippen LogP contribution in [0.3, 0.4) is 0 Å². The van der Waals surface area contributed by atoms with Crippen LogP contribution in [0.25, 0.3) is 0 Å². The Bertz CT molecular complexity index is 580. The second kappa shape index (κ2) is 6.41. The van der Waals surface area contributed by atoms with Crippen molar-refractivity contribution in [1.29, 1.82) is 0 Å². The smallest absolute Gasteiger partial charge is 0.126 e. The first-order chi connectivity index (χ1) is 9.54. The average molecular weight is 293 g/mol. The number of nitrogens with one attached hydrogen (secondary N) is 1. The lowest BCUT2D eigenvalue weighted by molar-refractivity contribution is 0.596. The van der Waals surface area contributed by atoms with E-state index in [2.05, 4.69) is 28.8 Å². The van der Waals surface area contributed by atoms with E-state index < -0.39 is 0 Å². The van der Waals surface area contributed by atoms with Crippen LogP contribution in [0.15, 0.2) is 18.2 Å². The molecule has 1 unspecified atom stereocenters. The number of halogens is 1. The third-order valence-electron chi connectivity index (χ3n) is 3.29. The maximum absolute atomic E-state index is 13.8. The molecule has 1 N–H and O–H groups in total. The summed E-state index contributed by atoms with van der Waals surface area (Å²) in [7, 11) is 0. The summed E-state index contributed by atoms with van der Waals surface area (Å²) in [4.78, 5) is 1.07. The van der Waals surface area contributed by atoms with Crippen LogP contribution in [-0.2, 0) is 0 Å². The van der Waals surface area contributed by atoms with Gasteiger partial charge >= 0.3 is 0 Å². The maximum Gasteiger partial charge on any atom is 0.126 e. The summed E-state index contributed by atoms with van der Waals surface area (Å²) in [6.45, 7) is 8.81. The molecule has 0 aliphatic rings. The van der Waals surface area contributed by atoms with E-state index in [1.165, 1.54) is 11.5 Å². The van der Waals surface area contributed by atoms with Crippen LogP contribution in [0.1, 0.15) is 54.4 Å². The molecule has 1 atom stereocenters. The molecule has 0 radical (unpaired) electrons. The number of aromatic nitrogens is 2. The van der Waals surface area contributed by atoms with Crippen molar-refractivity contribution >= 4 is 11.5 Å². The Hall–Kier alpha value is -1.33. The normalized spacial score (nSPS) is 12.9. The zero-order chi connectivity index (χ0) is 14.7. The molecule has 0 aliphatic heterocycles. The van der Waals surface area contributed by atoms with Gasteiger partial charge in [-0.3, -0.25) is 0 Å². The second-order valence-electron chi connectivity index (χ2n) is 5.18. The van der Waals surface area contributed by atoms with Gasteiger partial charge in [-0.05, 0) is 48.1 Å². The van der Waals surface area contributed by atoms with E-state index in [0.717, 1.165) is 22.7 Å². The minimum atomic E-state index is -0.172. The molecule has 108 valence electrons. The Kier molecular flexibility index (Phi) is 4.83. The van der Waals surface area contributed by atoms with Gasteiger partial charge in [0.1, 0.15) is 5.82 Å². The van der Waals surface area contributed by atoms with E-state index in [1.54, 1.807) is 13.0 Å². The molecule has 0 saturated heterocycles. The van der Waals surface area contributed by atoms with Crippen molar-refractivity contribution in [1.82, 2.24) is 14.9 Å². The number of benzene rings is 1. The summed E-state index contributed by atoms with van der Waals surface area (Å²) in [5.74, 6) is 0.133. The molecule has 0 spiro atoms. The van der Waals surface area contributed by atoms with Crippen molar-refractivity contribution < 1.29 is 4.39 Å². The summed E-state index contributed by atoms with van der Waals surface area (Å²) in [6, 6.07) is 5.34. The molecule has 2 rings (SSSR count). The highest BCUT2D eigenvalue weighted by atomic mass is 32.1. The first kappa shape index (κ1) is 15.1. The first-order valence-electron chi connectivity index (χ1n) is 6.86. The lowest BCUT2D eigenvalue weighted by Crippen LogP contribution is -2.22. The third kappa shape index (κ3) is 3.04. The van der Waals surface area contributed by atoms with Crippen LogP contribution in [0.5, 0.6) is 0 Å². The predicted octanol–water partition coefficient (Wildman–Crippen LogP) is 3.81. The third-order valence-corrected chi connectivity index (χ3v) is 4.09. The van der Waals surface area contributed by atoms with Crippen LogP contribution in [0.4, 0.5) is 4.39 Å². The highest BCUT2D eigenvalue weighted by Crippen LogP contribution is 2.31. The Morgan fingerprint density at radius 3 is 2.70 bits per heavy atom. The maximum atomic E-state index is 13.8. The van der Waals surface area contributed by atoms with Gasteiger partial charge in [0, 0.05) is 0 Å². The lowest BCUT2D eigenvalue weighted by Gasteiger charge is -2.19. The predicted molar refractivity (Wildman–Crippen MR) is 80.7 cm³/mol. The summed E-state index contributed by atoms with van der Waals surface area (Å²) >= 11 is 1.38. The molecule has 0 saturated carbocycles.